The lowest BCUT2D eigenvalue weighted by Gasteiger charge is -2.08. The summed E-state index contributed by atoms with van der Waals surface area (Å²) in [5.41, 5.74) is 0.792. The number of thioether (sulfide) groups is 1. The predicted octanol–water partition coefficient (Wildman–Crippen LogP) is 4.44. The fourth-order valence-corrected chi connectivity index (χ4v) is 2.29. The molecule has 2 aromatic rings. The van der Waals surface area contributed by atoms with Gasteiger partial charge in [0, 0.05) is 4.90 Å². The van der Waals surface area contributed by atoms with Crippen LogP contribution in [0, 0.1) is 5.92 Å². The number of ether oxygens (including phenoxy) is 2. The van der Waals surface area contributed by atoms with Crippen LogP contribution >= 0.6 is 11.8 Å². The van der Waals surface area contributed by atoms with Gasteiger partial charge < -0.3 is 9.47 Å². The van der Waals surface area contributed by atoms with Gasteiger partial charge in [0.15, 0.2) is 0 Å². The lowest BCUT2D eigenvalue weighted by molar-refractivity contribution is 0.0458. The van der Waals surface area contributed by atoms with Gasteiger partial charge in [-0.05, 0) is 60.7 Å². The number of benzene rings is 2. The van der Waals surface area contributed by atoms with Crippen LogP contribution in [0.4, 0.5) is 0 Å². The summed E-state index contributed by atoms with van der Waals surface area (Å²) in [6.07, 6.45) is 1.98. The predicted molar refractivity (Wildman–Crippen MR) is 94.7 cm³/mol. The van der Waals surface area contributed by atoms with E-state index >= 15 is 0 Å². The van der Waals surface area contributed by atoms with Gasteiger partial charge >= 0.3 is 11.9 Å². The van der Waals surface area contributed by atoms with E-state index in [1.807, 2.05) is 32.2 Å². The first-order chi connectivity index (χ1) is 11.5. The molecular formula is C19H20O4S. The first-order valence-electron chi connectivity index (χ1n) is 7.63. The molecule has 2 aromatic carbocycles. The highest BCUT2D eigenvalue weighted by Crippen LogP contribution is 2.20. The van der Waals surface area contributed by atoms with E-state index in [2.05, 4.69) is 0 Å². The number of rotatable bonds is 6. The number of esters is 2. The molecule has 0 aliphatic heterocycles. The molecule has 0 spiro atoms. The zero-order valence-corrected chi connectivity index (χ0v) is 14.8. The van der Waals surface area contributed by atoms with Gasteiger partial charge in [-0.25, -0.2) is 9.59 Å². The average molecular weight is 344 g/mol. The van der Waals surface area contributed by atoms with Crippen LogP contribution in [0.25, 0.3) is 0 Å². The first-order valence-corrected chi connectivity index (χ1v) is 8.85. The Morgan fingerprint density at radius 3 is 1.96 bits per heavy atom. The van der Waals surface area contributed by atoms with Gasteiger partial charge in [-0.15, -0.1) is 11.8 Å². The van der Waals surface area contributed by atoms with Gasteiger partial charge in [-0.3, -0.25) is 0 Å². The highest BCUT2D eigenvalue weighted by atomic mass is 32.2. The van der Waals surface area contributed by atoms with Crippen molar-refractivity contribution < 1.29 is 19.1 Å². The molecule has 0 atom stereocenters. The second-order valence-electron chi connectivity index (χ2n) is 5.63. The van der Waals surface area contributed by atoms with E-state index in [9.17, 15) is 9.59 Å². The molecule has 0 N–H and O–H groups in total. The van der Waals surface area contributed by atoms with E-state index in [1.54, 1.807) is 48.2 Å². The number of carbonyl (C=O) groups excluding carboxylic acids is 2. The third-order valence-electron chi connectivity index (χ3n) is 3.17. The number of carbonyl (C=O) groups is 2. The molecule has 126 valence electrons. The molecule has 0 aliphatic rings. The zero-order chi connectivity index (χ0) is 17.5. The summed E-state index contributed by atoms with van der Waals surface area (Å²) in [6.45, 7) is 4.31. The third kappa shape index (κ3) is 5.13. The van der Waals surface area contributed by atoms with Crippen molar-refractivity contribution in [2.75, 3.05) is 12.9 Å². The Balaban J connectivity index is 1.98. The summed E-state index contributed by atoms with van der Waals surface area (Å²) in [5, 5.41) is 0. The van der Waals surface area contributed by atoms with Crippen molar-refractivity contribution in [1.82, 2.24) is 0 Å². The average Bonchev–Trinajstić information content (AvgIpc) is 2.60. The van der Waals surface area contributed by atoms with E-state index in [-0.39, 0.29) is 5.92 Å². The maximum Gasteiger partial charge on any atom is 0.343 e. The maximum absolute atomic E-state index is 12.1. The Kier molecular flexibility index (Phi) is 6.44. The summed E-state index contributed by atoms with van der Waals surface area (Å²) in [5.74, 6) is -0.0933. The lowest BCUT2D eigenvalue weighted by atomic mass is 10.1. The third-order valence-corrected chi connectivity index (χ3v) is 3.92. The molecule has 0 saturated heterocycles. The standard InChI is InChI=1S/C19H20O4S/c1-13(2)12-22-18(20)14-4-6-15(7-5-14)19(21)23-16-8-10-17(24-3)11-9-16/h4-11,13H,12H2,1-3H3. The quantitative estimate of drug-likeness (QED) is 0.440. The summed E-state index contributed by atoms with van der Waals surface area (Å²) in [4.78, 5) is 25.1. The van der Waals surface area contributed by atoms with Crippen molar-refractivity contribution >= 4 is 23.7 Å². The monoisotopic (exact) mass is 344 g/mol. The normalized spacial score (nSPS) is 10.5. The zero-order valence-electron chi connectivity index (χ0n) is 13.9. The second kappa shape index (κ2) is 8.55. The minimum absolute atomic E-state index is 0.278. The van der Waals surface area contributed by atoms with Crippen LogP contribution in [-0.4, -0.2) is 24.8 Å². The molecule has 0 amide bonds. The second-order valence-corrected chi connectivity index (χ2v) is 6.51. The summed E-state index contributed by atoms with van der Waals surface area (Å²) < 4.78 is 10.5. The fraction of sp³-hybridized carbons (Fsp3) is 0.263. The van der Waals surface area contributed by atoms with E-state index in [4.69, 9.17) is 9.47 Å². The van der Waals surface area contributed by atoms with Crippen molar-refractivity contribution in [3.8, 4) is 5.75 Å². The smallest absolute Gasteiger partial charge is 0.343 e. The molecule has 5 heteroatoms. The summed E-state index contributed by atoms with van der Waals surface area (Å²) in [6, 6.07) is 13.5. The number of hydrogen-bond acceptors (Lipinski definition) is 5. The fourth-order valence-electron chi connectivity index (χ4n) is 1.88. The van der Waals surface area contributed by atoms with Gasteiger partial charge in [0.05, 0.1) is 17.7 Å². The molecule has 0 heterocycles. The maximum atomic E-state index is 12.1. The van der Waals surface area contributed by atoms with E-state index in [1.165, 1.54) is 0 Å². The van der Waals surface area contributed by atoms with Gasteiger partial charge in [0.2, 0.25) is 0 Å². The van der Waals surface area contributed by atoms with Gasteiger partial charge in [0.1, 0.15) is 5.75 Å². The molecule has 0 radical (unpaired) electrons. The Bertz CT molecular complexity index is 690. The molecule has 0 saturated carbocycles. The highest BCUT2D eigenvalue weighted by Gasteiger charge is 2.12. The lowest BCUT2D eigenvalue weighted by Crippen LogP contribution is -2.11. The molecule has 0 aliphatic carbocycles. The molecule has 2 rings (SSSR count). The van der Waals surface area contributed by atoms with Crippen LogP contribution in [0.2, 0.25) is 0 Å². The van der Waals surface area contributed by atoms with Gasteiger partial charge in [-0.2, -0.15) is 0 Å². The van der Waals surface area contributed by atoms with E-state index < -0.39 is 11.9 Å². The Morgan fingerprint density at radius 2 is 1.46 bits per heavy atom. The van der Waals surface area contributed by atoms with Crippen LogP contribution in [0.5, 0.6) is 5.75 Å². The Hall–Kier alpha value is -2.27. The van der Waals surface area contributed by atoms with Crippen molar-refractivity contribution in [2.24, 2.45) is 5.92 Å². The van der Waals surface area contributed by atoms with Crippen LogP contribution in [-0.2, 0) is 4.74 Å². The van der Waals surface area contributed by atoms with E-state index in [0.29, 0.717) is 23.5 Å². The van der Waals surface area contributed by atoms with Crippen LogP contribution < -0.4 is 4.74 Å². The number of hydrogen-bond donors (Lipinski definition) is 0. The highest BCUT2D eigenvalue weighted by molar-refractivity contribution is 7.98. The minimum atomic E-state index is -0.464. The van der Waals surface area contributed by atoms with Crippen LogP contribution in [0.3, 0.4) is 0 Å². The SMILES string of the molecule is CSc1ccc(OC(=O)c2ccc(C(=O)OCC(C)C)cc2)cc1. The van der Waals surface area contributed by atoms with Gasteiger partial charge in [-0.1, -0.05) is 13.8 Å². The van der Waals surface area contributed by atoms with Crippen molar-refractivity contribution in [3.05, 3.63) is 59.7 Å². The molecule has 0 aromatic heterocycles. The molecule has 4 nitrogen and oxygen atoms in total. The minimum Gasteiger partial charge on any atom is -0.462 e. The summed E-state index contributed by atoms with van der Waals surface area (Å²) in [7, 11) is 0. The topological polar surface area (TPSA) is 52.6 Å². The Morgan fingerprint density at radius 1 is 0.917 bits per heavy atom. The molecular weight excluding hydrogens is 324 g/mol. The van der Waals surface area contributed by atoms with Gasteiger partial charge in [0.25, 0.3) is 0 Å². The Labute approximate surface area is 146 Å². The van der Waals surface area contributed by atoms with Crippen molar-refractivity contribution in [1.29, 1.82) is 0 Å². The van der Waals surface area contributed by atoms with Crippen LogP contribution in [0.15, 0.2) is 53.4 Å². The summed E-state index contributed by atoms with van der Waals surface area (Å²) >= 11 is 1.62. The largest absolute Gasteiger partial charge is 0.462 e. The van der Waals surface area contributed by atoms with Crippen molar-refractivity contribution in [3.63, 3.8) is 0 Å². The van der Waals surface area contributed by atoms with Crippen molar-refractivity contribution in [2.45, 2.75) is 18.7 Å². The molecule has 24 heavy (non-hydrogen) atoms. The molecule has 0 unspecified atom stereocenters. The van der Waals surface area contributed by atoms with E-state index in [0.717, 1.165) is 4.90 Å². The molecule has 0 bridgehead atoms. The van der Waals surface area contributed by atoms with Crippen LogP contribution in [0.1, 0.15) is 34.6 Å². The first kappa shape index (κ1) is 18.1. The molecule has 0 fully saturated rings.